The molecule has 0 spiro atoms. The van der Waals surface area contributed by atoms with Crippen LogP contribution in [0.2, 0.25) is 0 Å². The van der Waals surface area contributed by atoms with E-state index in [9.17, 15) is 0 Å². The Morgan fingerprint density at radius 1 is 1.50 bits per heavy atom. The summed E-state index contributed by atoms with van der Waals surface area (Å²) in [6.07, 6.45) is 3.39. The van der Waals surface area contributed by atoms with Crippen LogP contribution in [0.3, 0.4) is 0 Å². The number of nitrogens with one attached hydrogen (secondary N) is 1. The van der Waals surface area contributed by atoms with Crippen LogP contribution in [-0.2, 0) is 6.42 Å². The maximum Gasteiger partial charge on any atom is 0.227 e. The van der Waals surface area contributed by atoms with Gasteiger partial charge in [0.2, 0.25) is 11.7 Å². The molecular weight excluding hydrogens is 246 g/mol. The average Bonchev–Trinajstić information content (AvgIpc) is 2.99. The summed E-state index contributed by atoms with van der Waals surface area (Å²) >= 11 is 1.70. The summed E-state index contributed by atoms with van der Waals surface area (Å²) in [7, 11) is 0. The molecule has 2 aromatic heterocycles. The first-order valence-corrected chi connectivity index (χ1v) is 7.23. The topological polar surface area (TPSA) is 51.0 Å². The van der Waals surface area contributed by atoms with Gasteiger partial charge < -0.3 is 9.84 Å². The number of piperidine rings is 1. The van der Waals surface area contributed by atoms with Gasteiger partial charge in [0.1, 0.15) is 0 Å². The molecule has 1 saturated heterocycles. The second kappa shape index (κ2) is 5.20. The molecule has 0 saturated carbocycles. The molecule has 1 unspecified atom stereocenters. The lowest BCUT2D eigenvalue weighted by molar-refractivity contribution is 0.316. The van der Waals surface area contributed by atoms with Gasteiger partial charge in [0.15, 0.2) is 0 Å². The number of hydrogen-bond acceptors (Lipinski definition) is 5. The van der Waals surface area contributed by atoms with Crippen molar-refractivity contribution in [1.82, 2.24) is 15.5 Å². The first-order chi connectivity index (χ1) is 8.81. The fourth-order valence-electron chi connectivity index (χ4n) is 2.34. The number of thiophene rings is 1. The van der Waals surface area contributed by atoms with Crippen LogP contribution in [-0.4, -0.2) is 23.2 Å². The second-order valence-corrected chi connectivity index (χ2v) is 6.13. The summed E-state index contributed by atoms with van der Waals surface area (Å²) < 4.78 is 5.35. The standard InChI is InChI=1S/C13H17N3OS/c1-9-4-5-11(18-9)13-15-12(17-16-13)7-10-3-2-6-14-8-10/h4-5,10,14H,2-3,6-8H2,1H3. The van der Waals surface area contributed by atoms with E-state index in [1.54, 1.807) is 11.3 Å². The third kappa shape index (κ3) is 2.62. The number of rotatable bonds is 3. The maximum absolute atomic E-state index is 5.35. The van der Waals surface area contributed by atoms with Crippen molar-refractivity contribution >= 4 is 11.3 Å². The first-order valence-electron chi connectivity index (χ1n) is 6.41. The molecule has 1 atom stereocenters. The Labute approximate surface area is 110 Å². The molecule has 1 fully saturated rings. The van der Waals surface area contributed by atoms with Crippen molar-refractivity contribution in [2.75, 3.05) is 13.1 Å². The summed E-state index contributed by atoms with van der Waals surface area (Å²) in [4.78, 5) is 6.85. The molecule has 1 aliphatic heterocycles. The number of aromatic nitrogens is 2. The lowest BCUT2D eigenvalue weighted by Crippen LogP contribution is -2.30. The van der Waals surface area contributed by atoms with Gasteiger partial charge >= 0.3 is 0 Å². The Morgan fingerprint density at radius 2 is 2.44 bits per heavy atom. The van der Waals surface area contributed by atoms with Gasteiger partial charge in [-0.25, -0.2) is 0 Å². The van der Waals surface area contributed by atoms with Crippen LogP contribution in [0.4, 0.5) is 0 Å². The Morgan fingerprint density at radius 3 is 3.17 bits per heavy atom. The Hall–Kier alpha value is -1.20. The van der Waals surface area contributed by atoms with Gasteiger partial charge in [-0.3, -0.25) is 0 Å². The van der Waals surface area contributed by atoms with Crippen molar-refractivity contribution in [3.8, 4) is 10.7 Å². The zero-order valence-electron chi connectivity index (χ0n) is 10.5. The Kier molecular flexibility index (Phi) is 3.43. The SMILES string of the molecule is Cc1ccc(-c2noc(CC3CCCNC3)n2)s1. The molecule has 96 valence electrons. The summed E-state index contributed by atoms with van der Waals surface area (Å²) in [5.74, 6) is 2.13. The molecule has 0 amide bonds. The third-order valence-corrected chi connectivity index (χ3v) is 4.29. The molecule has 0 radical (unpaired) electrons. The highest BCUT2D eigenvalue weighted by Crippen LogP contribution is 2.25. The molecule has 0 aromatic carbocycles. The fraction of sp³-hybridized carbons (Fsp3) is 0.538. The van der Waals surface area contributed by atoms with Crippen LogP contribution in [0.5, 0.6) is 0 Å². The van der Waals surface area contributed by atoms with Crippen molar-refractivity contribution in [2.24, 2.45) is 5.92 Å². The predicted molar refractivity (Wildman–Crippen MR) is 71.6 cm³/mol. The van der Waals surface area contributed by atoms with Crippen LogP contribution in [0.15, 0.2) is 16.7 Å². The van der Waals surface area contributed by atoms with E-state index in [1.807, 2.05) is 0 Å². The van der Waals surface area contributed by atoms with E-state index in [0.29, 0.717) is 5.92 Å². The molecule has 1 N–H and O–H groups in total. The van der Waals surface area contributed by atoms with Crippen molar-refractivity contribution in [3.05, 3.63) is 22.9 Å². The van der Waals surface area contributed by atoms with Crippen molar-refractivity contribution in [3.63, 3.8) is 0 Å². The van der Waals surface area contributed by atoms with Gasteiger partial charge in [-0.05, 0) is 50.9 Å². The largest absolute Gasteiger partial charge is 0.339 e. The van der Waals surface area contributed by atoms with E-state index in [4.69, 9.17) is 4.52 Å². The smallest absolute Gasteiger partial charge is 0.227 e. The van der Waals surface area contributed by atoms with Crippen molar-refractivity contribution in [1.29, 1.82) is 0 Å². The summed E-state index contributed by atoms with van der Waals surface area (Å²) in [6.45, 7) is 4.29. The maximum atomic E-state index is 5.35. The van der Waals surface area contributed by atoms with Crippen LogP contribution in [0.1, 0.15) is 23.6 Å². The number of aryl methyl sites for hydroxylation is 1. The molecule has 4 nitrogen and oxygen atoms in total. The summed E-state index contributed by atoms with van der Waals surface area (Å²) in [5, 5.41) is 7.48. The van der Waals surface area contributed by atoms with Gasteiger partial charge in [0.05, 0.1) is 4.88 Å². The zero-order chi connectivity index (χ0) is 12.4. The Balaban J connectivity index is 1.69. The van der Waals surface area contributed by atoms with Gasteiger partial charge in [-0.15, -0.1) is 11.3 Å². The van der Waals surface area contributed by atoms with Crippen LogP contribution >= 0.6 is 11.3 Å². The molecule has 5 heteroatoms. The lowest BCUT2D eigenvalue weighted by Gasteiger charge is -2.20. The summed E-state index contributed by atoms with van der Waals surface area (Å²) in [5.41, 5.74) is 0. The van der Waals surface area contributed by atoms with E-state index in [1.165, 1.54) is 17.7 Å². The normalized spacial score (nSPS) is 20.2. The van der Waals surface area contributed by atoms with Crippen LogP contribution in [0.25, 0.3) is 10.7 Å². The van der Waals surface area contributed by atoms with Crippen molar-refractivity contribution < 1.29 is 4.52 Å². The third-order valence-electron chi connectivity index (χ3n) is 3.29. The summed E-state index contributed by atoms with van der Waals surface area (Å²) in [6, 6.07) is 4.14. The average molecular weight is 263 g/mol. The molecule has 0 bridgehead atoms. The highest BCUT2D eigenvalue weighted by Gasteiger charge is 2.18. The van der Waals surface area contributed by atoms with E-state index in [-0.39, 0.29) is 0 Å². The van der Waals surface area contributed by atoms with Crippen LogP contribution in [0, 0.1) is 12.8 Å². The van der Waals surface area contributed by atoms with E-state index in [0.717, 1.165) is 36.1 Å². The van der Waals surface area contributed by atoms with Crippen LogP contribution < -0.4 is 5.32 Å². The second-order valence-electron chi connectivity index (χ2n) is 4.84. The molecule has 0 aliphatic carbocycles. The minimum absolute atomic E-state index is 0.636. The van der Waals surface area contributed by atoms with Crippen molar-refractivity contribution in [2.45, 2.75) is 26.2 Å². The fourth-order valence-corrected chi connectivity index (χ4v) is 3.13. The molecule has 3 rings (SSSR count). The van der Waals surface area contributed by atoms with E-state index in [2.05, 4.69) is 34.5 Å². The van der Waals surface area contributed by atoms with E-state index < -0.39 is 0 Å². The quantitative estimate of drug-likeness (QED) is 0.925. The lowest BCUT2D eigenvalue weighted by atomic mass is 9.96. The highest BCUT2D eigenvalue weighted by molar-refractivity contribution is 7.15. The van der Waals surface area contributed by atoms with Gasteiger partial charge in [-0.2, -0.15) is 4.98 Å². The first kappa shape index (κ1) is 11.9. The Bertz CT molecular complexity index is 514. The van der Waals surface area contributed by atoms with Gasteiger partial charge in [0.25, 0.3) is 0 Å². The number of nitrogens with zero attached hydrogens (tertiary/aromatic N) is 2. The molecule has 18 heavy (non-hydrogen) atoms. The monoisotopic (exact) mass is 263 g/mol. The predicted octanol–water partition coefficient (Wildman–Crippen LogP) is 2.65. The minimum Gasteiger partial charge on any atom is -0.339 e. The minimum atomic E-state index is 0.636. The van der Waals surface area contributed by atoms with E-state index >= 15 is 0 Å². The molecular formula is C13H17N3OS. The molecule has 1 aliphatic rings. The molecule has 3 heterocycles. The van der Waals surface area contributed by atoms with Gasteiger partial charge in [-0.1, -0.05) is 5.16 Å². The zero-order valence-corrected chi connectivity index (χ0v) is 11.3. The highest BCUT2D eigenvalue weighted by atomic mass is 32.1. The number of hydrogen-bond donors (Lipinski definition) is 1. The van der Waals surface area contributed by atoms with Gasteiger partial charge in [0, 0.05) is 11.3 Å². The molecule has 2 aromatic rings.